The lowest BCUT2D eigenvalue weighted by atomic mass is 9.70. The van der Waals surface area contributed by atoms with E-state index in [1.54, 1.807) is 12.1 Å². The number of benzene rings is 3. The number of H-pyrrole nitrogens is 2. The number of phenols is 1. The zero-order chi connectivity index (χ0) is 44.3. The third-order valence-electron chi connectivity index (χ3n) is 10.9. The number of nitrogens with one attached hydrogen (secondary N) is 5. The molecular formula is C48H59N11O3. The number of anilines is 1. The van der Waals surface area contributed by atoms with Gasteiger partial charge in [-0.1, -0.05) is 99.3 Å². The fourth-order valence-electron chi connectivity index (χ4n) is 7.50. The van der Waals surface area contributed by atoms with Crippen LogP contribution in [0.1, 0.15) is 72.4 Å². The lowest BCUT2D eigenvalue weighted by Gasteiger charge is -2.43. The number of aliphatic imine (C=N–C) groups is 2. The van der Waals surface area contributed by atoms with Crippen LogP contribution in [0.25, 0.3) is 28.1 Å². The van der Waals surface area contributed by atoms with Gasteiger partial charge in [-0.25, -0.2) is 15.0 Å². The van der Waals surface area contributed by atoms with Gasteiger partial charge in [-0.2, -0.15) is 0 Å². The monoisotopic (exact) mass is 837 g/mol. The Bertz CT molecular complexity index is 2400. The molecule has 1 saturated heterocycles. The first kappa shape index (κ1) is 46.0. The maximum atomic E-state index is 11.0. The average molecular weight is 838 g/mol. The van der Waals surface area contributed by atoms with Gasteiger partial charge in [0.05, 0.1) is 34.6 Å². The topological polar surface area (TPSA) is 202 Å². The van der Waals surface area contributed by atoms with Crippen molar-refractivity contribution in [3.05, 3.63) is 132 Å². The van der Waals surface area contributed by atoms with Crippen molar-refractivity contribution in [3.63, 3.8) is 0 Å². The fourth-order valence-corrected chi connectivity index (χ4v) is 7.50. The molecule has 0 saturated carbocycles. The number of hydrogen-bond acceptors (Lipinski definition) is 10. The van der Waals surface area contributed by atoms with Crippen LogP contribution in [-0.4, -0.2) is 95.0 Å². The van der Waals surface area contributed by atoms with Gasteiger partial charge in [0.2, 0.25) is 6.41 Å². The number of fused-ring (bicyclic) bond motifs is 1. The molecule has 0 spiro atoms. The van der Waals surface area contributed by atoms with Gasteiger partial charge in [0, 0.05) is 49.3 Å². The second kappa shape index (κ2) is 23.1. The Morgan fingerprint density at radius 1 is 0.935 bits per heavy atom. The number of nitrogens with two attached hydrogens (primary N) is 1. The number of aromatic hydroxyl groups is 1. The molecule has 1 fully saturated rings. The van der Waals surface area contributed by atoms with Crippen LogP contribution in [0.3, 0.4) is 0 Å². The summed E-state index contributed by atoms with van der Waals surface area (Å²) >= 11 is 0. The van der Waals surface area contributed by atoms with Crippen molar-refractivity contribution in [1.29, 1.82) is 0 Å². The van der Waals surface area contributed by atoms with Crippen molar-refractivity contribution in [3.8, 4) is 17.1 Å². The quantitative estimate of drug-likeness (QED) is 0.0222. The van der Waals surface area contributed by atoms with E-state index in [0.717, 1.165) is 121 Å². The number of aromatic amines is 2. The average Bonchev–Trinajstić information content (AvgIpc) is 3.95. The van der Waals surface area contributed by atoms with E-state index >= 15 is 0 Å². The van der Waals surface area contributed by atoms with Crippen LogP contribution >= 0.6 is 0 Å². The van der Waals surface area contributed by atoms with Gasteiger partial charge < -0.3 is 41.7 Å². The summed E-state index contributed by atoms with van der Waals surface area (Å²) in [5, 5.41) is 21.4. The minimum absolute atomic E-state index is 0.0109. The molecule has 0 atom stereocenters. The standard InChI is InChI=1S/C30H36N6O.C17H20N4O.CH3NO/c1-4-30(24-12-8-9-13-26(24)37)14-18-36(19-15-30)21(2)25-20-23-28(32-17-16-31-3)34-27(35-29(23)33-25)22-10-6-5-7-11-22;1-3-9-19-17(20-11-13-7-5-4-6-8-13)15-10-14(12-22)21-16(15)18-2;2-1-3/h5-13,20,31,37H,2,4,14-19H2,1,3H3,(H2,32,33,34,35);4-8,10,12,21H,2-3,9,11H2,1H3,(H,19,20);1H,(H2,2,3). The molecular weight excluding hydrogens is 779 g/mol. The summed E-state index contributed by atoms with van der Waals surface area (Å²) in [7, 11) is 1.94. The van der Waals surface area contributed by atoms with Gasteiger partial charge in [0.25, 0.3) is 0 Å². The molecule has 1 aliphatic heterocycles. The number of amidine groups is 1. The van der Waals surface area contributed by atoms with Crippen molar-refractivity contribution in [1.82, 2.24) is 35.5 Å². The van der Waals surface area contributed by atoms with E-state index in [1.165, 1.54) is 0 Å². The highest BCUT2D eigenvalue weighted by Crippen LogP contribution is 2.43. The van der Waals surface area contributed by atoms with Crippen molar-refractivity contribution < 1.29 is 14.7 Å². The number of likely N-dealkylation sites (tertiary alicyclic amines) is 1. The van der Waals surface area contributed by atoms with Gasteiger partial charge in [0.15, 0.2) is 12.1 Å². The third-order valence-corrected chi connectivity index (χ3v) is 10.9. The van der Waals surface area contributed by atoms with Crippen LogP contribution < -0.4 is 21.7 Å². The number of likely N-dealkylation sites (N-methyl/N-ethyl adjacent to an activating group) is 1. The van der Waals surface area contributed by atoms with Gasteiger partial charge in [-0.3, -0.25) is 14.6 Å². The largest absolute Gasteiger partial charge is 0.508 e. The Morgan fingerprint density at radius 3 is 2.24 bits per heavy atom. The summed E-state index contributed by atoms with van der Waals surface area (Å²) in [4.78, 5) is 46.6. The van der Waals surface area contributed by atoms with E-state index in [9.17, 15) is 9.90 Å². The maximum Gasteiger partial charge on any atom is 0.204 e. The lowest BCUT2D eigenvalue weighted by Crippen LogP contribution is -2.41. The Balaban J connectivity index is 0.000000247. The molecule has 4 heterocycles. The van der Waals surface area contributed by atoms with Crippen molar-refractivity contribution in [2.45, 2.75) is 51.5 Å². The van der Waals surface area contributed by atoms with E-state index in [0.29, 0.717) is 29.6 Å². The molecule has 0 radical (unpaired) electrons. The van der Waals surface area contributed by atoms with E-state index in [2.05, 4.69) is 85.8 Å². The minimum Gasteiger partial charge on any atom is -0.508 e. The lowest BCUT2D eigenvalue weighted by molar-refractivity contribution is -0.106. The molecule has 1 amide bonds. The van der Waals surface area contributed by atoms with Crippen LogP contribution in [0.5, 0.6) is 5.75 Å². The molecule has 0 unspecified atom stereocenters. The van der Waals surface area contributed by atoms with E-state index < -0.39 is 0 Å². The number of nitrogens with zero attached hydrogens (tertiary/aromatic N) is 5. The number of piperidine rings is 1. The number of aromatic nitrogens is 4. The number of para-hydroxylation sites is 1. The molecule has 62 heavy (non-hydrogen) atoms. The number of amides is 1. The molecule has 6 aromatic rings. The highest BCUT2D eigenvalue weighted by Gasteiger charge is 2.37. The zero-order valence-corrected chi connectivity index (χ0v) is 36.0. The first-order valence-electron chi connectivity index (χ1n) is 20.9. The molecule has 3 aromatic carbocycles. The van der Waals surface area contributed by atoms with Gasteiger partial charge in [0.1, 0.15) is 28.9 Å². The summed E-state index contributed by atoms with van der Waals surface area (Å²) < 4.78 is 0. The van der Waals surface area contributed by atoms with Crippen molar-refractivity contribution in [2.24, 2.45) is 15.7 Å². The third kappa shape index (κ3) is 11.6. The Morgan fingerprint density at radius 2 is 1.61 bits per heavy atom. The molecule has 7 rings (SSSR count). The normalized spacial score (nSPS) is 13.2. The van der Waals surface area contributed by atoms with Gasteiger partial charge >= 0.3 is 0 Å². The molecule has 8 N–H and O–H groups in total. The molecule has 14 nitrogen and oxygen atoms in total. The number of rotatable bonds is 16. The van der Waals surface area contributed by atoms with E-state index in [-0.39, 0.29) is 11.8 Å². The molecule has 1 aliphatic rings. The fraction of sp³-hybridized carbons (Fsp3) is 0.292. The van der Waals surface area contributed by atoms with Crippen molar-refractivity contribution >= 4 is 53.6 Å². The number of aldehydes is 1. The molecule has 0 bridgehead atoms. The summed E-state index contributed by atoms with van der Waals surface area (Å²) in [6.07, 6.45) is 4.92. The van der Waals surface area contributed by atoms with Crippen LogP contribution in [-0.2, 0) is 16.8 Å². The van der Waals surface area contributed by atoms with Gasteiger partial charge in [-0.05, 0) is 63.2 Å². The van der Waals surface area contributed by atoms with Gasteiger partial charge in [-0.15, -0.1) is 0 Å². The summed E-state index contributed by atoms with van der Waals surface area (Å²) in [6.45, 7) is 17.0. The maximum absolute atomic E-state index is 11.0. The predicted octanol–water partition coefficient (Wildman–Crippen LogP) is 7.58. The Labute approximate surface area is 363 Å². The molecule has 3 aromatic heterocycles. The summed E-state index contributed by atoms with van der Waals surface area (Å²) in [6, 6.07) is 31.7. The van der Waals surface area contributed by atoms with Crippen LogP contribution in [0.2, 0.25) is 0 Å². The first-order valence-corrected chi connectivity index (χ1v) is 20.9. The highest BCUT2D eigenvalue weighted by atomic mass is 16.3. The minimum atomic E-state index is -0.0109. The van der Waals surface area contributed by atoms with Crippen LogP contribution in [0.4, 0.5) is 11.6 Å². The highest BCUT2D eigenvalue weighted by molar-refractivity contribution is 6.04. The zero-order valence-electron chi connectivity index (χ0n) is 36.0. The number of hydrogen-bond donors (Lipinski definition) is 7. The second-order valence-corrected chi connectivity index (χ2v) is 14.8. The molecule has 14 heteroatoms. The van der Waals surface area contributed by atoms with E-state index in [1.807, 2.05) is 79.8 Å². The number of carbonyl (C=O) groups excluding carboxylic acids is 2. The summed E-state index contributed by atoms with van der Waals surface area (Å²) in [5.41, 5.74) is 11.3. The Kier molecular flexibility index (Phi) is 17.1. The summed E-state index contributed by atoms with van der Waals surface area (Å²) in [5.74, 6) is 3.18. The molecule has 324 valence electrons. The van der Waals surface area contributed by atoms with Crippen molar-refractivity contribution in [2.75, 3.05) is 45.1 Å². The first-order chi connectivity index (χ1) is 30.2. The SMILES string of the molecule is C=C(c1cc2c(NCCNC)nc(-c3ccccc3)nc2[nH]1)N1CCC(CC)(c2ccccc2O)CC1.C=Nc1[nH]c(C=O)cc1C(=NCc1ccccc1)NCCC.NC=O. The van der Waals surface area contributed by atoms with Crippen LogP contribution in [0, 0.1) is 0 Å². The number of primary amides is 1. The molecule has 0 aliphatic carbocycles. The predicted molar refractivity (Wildman–Crippen MR) is 252 cm³/mol. The van der Waals surface area contributed by atoms with E-state index in [4.69, 9.17) is 14.8 Å². The second-order valence-electron chi connectivity index (χ2n) is 14.8. The van der Waals surface area contributed by atoms with Crippen LogP contribution in [0.15, 0.2) is 114 Å². The Hall–Kier alpha value is -7.06. The number of carbonyl (C=O) groups is 2. The number of phenolic OH excluding ortho intramolecular Hbond substituents is 1. The smallest absolute Gasteiger partial charge is 0.204 e.